The zero-order chi connectivity index (χ0) is 14.8. The molecule has 2 aliphatic rings. The van der Waals surface area contributed by atoms with E-state index in [9.17, 15) is 10.2 Å². The summed E-state index contributed by atoms with van der Waals surface area (Å²) in [4.78, 5) is 2.53. The van der Waals surface area contributed by atoms with Gasteiger partial charge in [-0.2, -0.15) is 0 Å². The van der Waals surface area contributed by atoms with Gasteiger partial charge < -0.3 is 15.5 Å². The topological polar surface area (TPSA) is 55.7 Å². The molecule has 1 heterocycles. The Morgan fingerprint density at radius 3 is 2.57 bits per heavy atom. The molecule has 3 N–H and O–H groups in total. The summed E-state index contributed by atoms with van der Waals surface area (Å²) < 4.78 is 0. The molecule has 116 valence electrons. The highest BCUT2D eigenvalue weighted by atomic mass is 16.3. The fourth-order valence-corrected chi connectivity index (χ4v) is 3.45. The van der Waals surface area contributed by atoms with Crippen molar-refractivity contribution in [1.29, 1.82) is 0 Å². The summed E-state index contributed by atoms with van der Waals surface area (Å²) in [5, 5.41) is 23.2. The van der Waals surface area contributed by atoms with E-state index in [1.807, 2.05) is 0 Å². The first-order chi connectivity index (χ1) is 10.1. The lowest BCUT2D eigenvalue weighted by atomic mass is 9.95. The number of hydrogen-bond donors (Lipinski definition) is 3. The standard InChI is InChI=1S/C17H26N2O2/c1-12(16-10-15(20)4-5-17(16)21)19(14-2-3-14)11-13-6-8-18-9-7-13/h4-5,10,12-14,18,20-21H,2-3,6-9,11H2,1H3. The summed E-state index contributed by atoms with van der Waals surface area (Å²) in [5.41, 5.74) is 0.843. The fraction of sp³-hybridized carbons (Fsp3) is 0.647. The van der Waals surface area contributed by atoms with Crippen molar-refractivity contribution in [3.63, 3.8) is 0 Å². The zero-order valence-corrected chi connectivity index (χ0v) is 12.8. The van der Waals surface area contributed by atoms with Crippen LogP contribution >= 0.6 is 0 Å². The Kier molecular flexibility index (Phi) is 4.36. The maximum atomic E-state index is 10.1. The minimum Gasteiger partial charge on any atom is -0.508 e. The molecule has 2 fully saturated rings. The molecule has 4 nitrogen and oxygen atoms in total. The highest BCUT2D eigenvalue weighted by Gasteiger charge is 2.35. The molecule has 1 saturated carbocycles. The predicted molar refractivity (Wildman–Crippen MR) is 83.5 cm³/mol. The van der Waals surface area contributed by atoms with Crippen LogP contribution in [0.15, 0.2) is 18.2 Å². The number of benzene rings is 1. The average Bonchev–Trinajstić information content (AvgIpc) is 3.32. The maximum Gasteiger partial charge on any atom is 0.120 e. The van der Waals surface area contributed by atoms with Crippen LogP contribution in [-0.4, -0.2) is 40.8 Å². The number of nitrogens with one attached hydrogen (secondary N) is 1. The Bertz CT molecular complexity index is 482. The smallest absolute Gasteiger partial charge is 0.120 e. The lowest BCUT2D eigenvalue weighted by molar-refractivity contribution is 0.150. The van der Waals surface area contributed by atoms with E-state index in [4.69, 9.17) is 0 Å². The van der Waals surface area contributed by atoms with E-state index < -0.39 is 0 Å². The largest absolute Gasteiger partial charge is 0.508 e. The summed E-state index contributed by atoms with van der Waals surface area (Å²) in [7, 11) is 0. The minimum atomic E-state index is 0.152. The van der Waals surface area contributed by atoms with E-state index in [1.54, 1.807) is 18.2 Å². The monoisotopic (exact) mass is 290 g/mol. The normalized spacial score (nSPS) is 21.6. The maximum absolute atomic E-state index is 10.1. The molecule has 0 radical (unpaired) electrons. The summed E-state index contributed by atoms with van der Waals surface area (Å²) in [5.74, 6) is 1.26. The number of hydrogen-bond acceptors (Lipinski definition) is 4. The minimum absolute atomic E-state index is 0.152. The Balaban J connectivity index is 1.74. The molecule has 1 saturated heterocycles. The molecule has 1 aromatic carbocycles. The van der Waals surface area contributed by atoms with Crippen LogP contribution < -0.4 is 5.32 Å². The van der Waals surface area contributed by atoms with Gasteiger partial charge in [-0.05, 0) is 69.8 Å². The van der Waals surface area contributed by atoms with Gasteiger partial charge in [0.2, 0.25) is 0 Å². The summed E-state index contributed by atoms with van der Waals surface area (Å²) in [6.45, 7) is 5.49. The van der Waals surface area contributed by atoms with Crippen molar-refractivity contribution in [2.45, 2.75) is 44.7 Å². The predicted octanol–water partition coefficient (Wildman–Crippen LogP) is 2.62. The Hall–Kier alpha value is -1.26. The molecule has 1 aliphatic heterocycles. The van der Waals surface area contributed by atoms with Crippen LogP contribution in [0.5, 0.6) is 11.5 Å². The number of phenolic OH excluding ortho intramolecular Hbond substituents is 2. The van der Waals surface area contributed by atoms with Crippen LogP contribution in [0.1, 0.15) is 44.2 Å². The number of phenols is 2. The Morgan fingerprint density at radius 1 is 1.19 bits per heavy atom. The van der Waals surface area contributed by atoms with Gasteiger partial charge in [0.05, 0.1) is 0 Å². The average molecular weight is 290 g/mol. The second kappa shape index (κ2) is 6.24. The first-order valence-corrected chi connectivity index (χ1v) is 8.13. The van der Waals surface area contributed by atoms with Crippen LogP contribution in [0.4, 0.5) is 0 Å². The van der Waals surface area contributed by atoms with E-state index >= 15 is 0 Å². The molecule has 1 atom stereocenters. The first kappa shape index (κ1) is 14.7. The lowest BCUT2D eigenvalue weighted by Gasteiger charge is -2.34. The second-order valence-corrected chi connectivity index (χ2v) is 6.54. The third-order valence-corrected chi connectivity index (χ3v) is 4.90. The zero-order valence-electron chi connectivity index (χ0n) is 12.8. The third kappa shape index (κ3) is 3.50. The summed E-state index contributed by atoms with van der Waals surface area (Å²) in [6.07, 6.45) is 4.99. The van der Waals surface area contributed by atoms with E-state index in [-0.39, 0.29) is 17.5 Å². The molecule has 1 aromatic rings. The van der Waals surface area contributed by atoms with Crippen molar-refractivity contribution in [2.24, 2.45) is 5.92 Å². The van der Waals surface area contributed by atoms with Gasteiger partial charge in [0.15, 0.2) is 0 Å². The van der Waals surface area contributed by atoms with Crippen molar-refractivity contribution >= 4 is 0 Å². The van der Waals surface area contributed by atoms with Gasteiger partial charge >= 0.3 is 0 Å². The van der Waals surface area contributed by atoms with Crippen molar-refractivity contribution in [2.75, 3.05) is 19.6 Å². The molecule has 3 rings (SSSR count). The van der Waals surface area contributed by atoms with Gasteiger partial charge in [-0.1, -0.05) is 0 Å². The first-order valence-electron chi connectivity index (χ1n) is 8.13. The van der Waals surface area contributed by atoms with Gasteiger partial charge in [-0.25, -0.2) is 0 Å². The van der Waals surface area contributed by atoms with Gasteiger partial charge in [0.25, 0.3) is 0 Å². The molecule has 0 amide bonds. The Morgan fingerprint density at radius 2 is 1.90 bits per heavy atom. The third-order valence-electron chi connectivity index (χ3n) is 4.90. The van der Waals surface area contributed by atoms with Crippen LogP contribution in [-0.2, 0) is 0 Å². The molecular weight excluding hydrogens is 264 g/mol. The van der Waals surface area contributed by atoms with Crippen molar-refractivity contribution in [1.82, 2.24) is 10.2 Å². The number of nitrogens with zero attached hydrogens (tertiary/aromatic N) is 1. The highest BCUT2D eigenvalue weighted by Crippen LogP contribution is 2.39. The molecular formula is C17H26N2O2. The van der Waals surface area contributed by atoms with Gasteiger partial charge in [0.1, 0.15) is 11.5 Å². The van der Waals surface area contributed by atoms with Crippen LogP contribution in [0, 0.1) is 5.92 Å². The van der Waals surface area contributed by atoms with E-state index in [0.29, 0.717) is 6.04 Å². The quantitative estimate of drug-likeness (QED) is 0.730. The van der Waals surface area contributed by atoms with E-state index in [1.165, 1.54) is 25.7 Å². The van der Waals surface area contributed by atoms with Gasteiger partial charge in [0, 0.05) is 24.2 Å². The Labute approximate surface area is 126 Å². The van der Waals surface area contributed by atoms with Crippen molar-refractivity contribution < 1.29 is 10.2 Å². The molecule has 1 aliphatic carbocycles. The SMILES string of the molecule is CC(c1cc(O)ccc1O)N(CC1CCNCC1)C1CC1. The summed E-state index contributed by atoms with van der Waals surface area (Å²) >= 11 is 0. The highest BCUT2D eigenvalue weighted by molar-refractivity contribution is 5.40. The van der Waals surface area contributed by atoms with Gasteiger partial charge in [-0.3, -0.25) is 4.90 Å². The molecule has 1 unspecified atom stereocenters. The second-order valence-electron chi connectivity index (χ2n) is 6.54. The van der Waals surface area contributed by atoms with E-state index in [2.05, 4.69) is 17.1 Å². The van der Waals surface area contributed by atoms with Crippen molar-refractivity contribution in [3.05, 3.63) is 23.8 Å². The van der Waals surface area contributed by atoms with Crippen LogP contribution in [0.3, 0.4) is 0 Å². The van der Waals surface area contributed by atoms with Crippen LogP contribution in [0.25, 0.3) is 0 Å². The number of rotatable bonds is 5. The summed E-state index contributed by atoms with van der Waals surface area (Å²) in [6, 6.07) is 5.64. The molecule has 4 heteroatoms. The molecule has 21 heavy (non-hydrogen) atoms. The van der Waals surface area contributed by atoms with Crippen molar-refractivity contribution in [3.8, 4) is 11.5 Å². The molecule has 0 bridgehead atoms. The fourth-order valence-electron chi connectivity index (χ4n) is 3.45. The van der Waals surface area contributed by atoms with Crippen LogP contribution in [0.2, 0.25) is 0 Å². The molecule has 0 aromatic heterocycles. The molecule has 0 spiro atoms. The van der Waals surface area contributed by atoms with E-state index in [0.717, 1.165) is 31.1 Å². The van der Waals surface area contributed by atoms with Gasteiger partial charge in [-0.15, -0.1) is 0 Å². The number of piperidine rings is 1. The number of aromatic hydroxyl groups is 2. The lowest BCUT2D eigenvalue weighted by Crippen LogP contribution is -2.38.